The Morgan fingerprint density at radius 1 is 0.759 bits per heavy atom. The summed E-state index contributed by atoms with van der Waals surface area (Å²) in [6, 6.07) is 0. The Kier molecular flexibility index (Phi) is 15.0. The fourth-order valence-electron chi connectivity index (χ4n) is 4.53. The lowest BCUT2D eigenvalue weighted by Crippen LogP contribution is -2.35. The molecule has 0 aromatic heterocycles. The maximum atomic E-state index is 12.8. The lowest BCUT2D eigenvalue weighted by atomic mass is 9.79. The zero-order chi connectivity index (χ0) is 21.3. The van der Waals surface area contributed by atoms with Gasteiger partial charge in [0.25, 0.3) is 0 Å². The third kappa shape index (κ3) is 11.6. The minimum absolute atomic E-state index is 0.0316. The van der Waals surface area contributed by atoms with Crippen molar-refractivity contribution in [2.75, 3.05) is 0 Å². The molecule has 0 bridgehead atoms. The molecule has 4 heteroatoms. The number of aliphatic carboxylic acids is 1. The molecule has 0 aromatic carbocycles. The van der Waals surface area contributed by atoms with E-state index in [-0.39, 0.29) is 12.1 Å². The SMILES string of the molecule is CCCCCCCCCCC(CCCCCC)OC(=O)C1CCCCC1C(=O)O. The van der Waals surface area contributed by atoms with Crippen LogP contribution in [0.4, 0.5) is 0 Å². The van der Waals surface area contributed by atoms with Crippen LogP contribution < -0.4 is 0 Å². The molecule has 1 N–H and O–H groups in total. The summed E-state index contributed by atoms with van der Waals surface area (Å²) in [7, 11) is 0. The van der Waals surface area contributed by atoms with Crippen molar-refractivity contribution >= 4 is 11.9 Å². The van der Waals surface area contributed by atoms with Gasteiger partial charge in [-0.15, -0.1) is 0 Å². The number of carbonyl (C=O) groups excluding carboxylic acids is 1. The van der Waals surface area contributed by atoms with Gasteiger partial charge in [0.15, 0.2) is 0 Å². The highest BCUT2D eigenvalue weighted by Gasteiger charge is 2.37. The standard InChI is InChI=1S/C25H46O4/c1-3-5-7-9-10-11-12-14-18-21(17-13-8-6-4-2)29-25(28)23-20-16-15-19-22(23)24(26)27/h21-23H,3-20H2,1-2H3,(H,26,27). The molecule has 1 saturated carbocycles. The Bertz CT molecular complexity index is 435. The highest BCUT2D eigenvalue weighted by molar-refractivity contribution is 5.81. The molecule has 0 aromatic rings. The van der Waals surface area contributed by atoms with Crippen molar-refractivity contribution in [1.29, 1.82) is 0 Å². The van der Waals surface area contributed by atoms with Gasteiger partial charge in [-0.1, -0.05) is 90.9 Å². The third-order valence-electron chi connectivity index (χ3n) is 6.43. The molecule has 1 rings (SSSR count). The van der Waals surface area contributed by atoms with Crippen LogP contribution >= 0.6 is 0 Å². The predicted molar refractivity (Wildman–Crippen MR) is 119 cm³/mol. The quantitative estimate of drug-likeness (QED) is 0.202. The van der Waals surface area contributed by atoms with Crippen molar-refractivity contribution in [3.63, 3.8) is 0 Å². The van der Waals surface area contributed by atoms with Gasteiger partial charge in [0.1, 0.15) is 6.10 Å². The monoisotopic (exact) mass is 410 g/mol. The van der Waals surface area contributed by atoms with E-state index in [1.54, 1.807) is 0 Å². The van der Waals surface area contributed by atoms with E-state index in [1.165, 1.54) is 64.2 Å². The fraction of sp³-hybridized carbons (Fsp3) is 0.920. The largest absolute Gasteiger partial charge is 0.481 e. The van der Waals surface area contributed by atoms with Crippen LogP contribution in [-0.4, -0.2) is 23.1 Å². The topological polar surface area (TPSA) is 63.6 Å². The van der Waals surface area contributed by atoms with E-state index < -0.39 is 17.8 Å². The molecule has 0 radical (unpaired) electrons. The third-order valence-corrected chi connectivity index (χ3v) is 6.43. The Morgan fingerprint density at radius 3 is 1.72 bits per heavy atom. The summed E-state index contributed by atoms with van der Waals surface area (Å²) in [6.45, 7) is 4.45. The van der Waals surface area contributed by atoms with E-state index in [0.29, 0.717) is 12.8 Å². The second-order valence-corrected chi connectivity index (χ2v) is 9.01. The highest BCUT2D eigenvalue weighted by Crippen LogP contribution is 2.32. The first-order valence-corrected chi connectivity index (χ1v) is 12.5. The summed E-state index contributed by atoms with van der Waals surface area (Å²) in [5.74, 6) is -2.09. The Labute approximate surface area is 179 Å². The second kappa shape index (κ2) is 16.7. The molecule has 3 atom stereocenters. The van der Waals surface area contributed by atoms with Gasteiger partial charge < -0.3 is 9.84 Å². The minimum Gasteiger partial charge on any atom is -0.481 e. The van der Waals surface area contributed by atoms with E-state index >= 15 is 0 Å². The summed E-state index contributed by atoms with van der Waals surface area (Å²) >= 11 is 0. The first-order valence-electron chi connectivity index (χ1n) is 12.5. The lowest BCUT2D eigenvalue weighted by Gasteiger charge is -2.29. The highest BCUT2D eigenvalue weighted by atomic mass is 16.5. The molecule has 1 aliphatic rings. The molecule has 1 fully saturated rings. The molecular weight excluding hydrogens is 364 g/mol. The van der Waals surface area contributed by atoms with Crippen molar-refractivity contribution in [1.82, 2.24) is 0 Å². The van der Waals surface area contributed by atoms with Crippen LogP contribution in [-0.2, 0) is 14.3 Å². The van der Waals surface area contributed by atoms with Gasteiger partial charge in [0, 0.05) is 0 Å². The van der Waals surface area contributed by atoms with E-state index in [1.807, 2.05) is 0 Å². The summed E-state index contributed by atoms with van der Waals surface area (Å²) in [4.78, 5) is 24.3. The maximum Gasteiger partial charge on any atom is 0.310 e. The Hall–Kier alpha value is -1.06. The van der Waals surface area contributed by atoms with Crippen LogP contribution in [0.5, 0.6) is 0 Å². The van der Waals surface area contributed by atoms with Crippen LogP contribution in [0.2, 0.25) is 0 Å². The maximum absolute atomic E-state index is 12.8. The smallest absolute Gasteiger partial charge is 0.310 e. The summed E-state index contributed by atoms with van der Waals surface area (Å²) in [5, 5.41) is 9.46. The average molecular weight is 411 g/mol. The van der Waals surface area contributed by atoms with Crippen molar-refractivity contribution in [3.8, 4) is 0 Å². The lowest BCUT2D eigenvalue weighted by molar-refractivity contribution is -0.164. The van der Waals surface area contributed by atoms with Crippen molar-refractivity contribution in [3.05, 3.63) is 0 Å². The minimum atomic E-state index is -0.839. The molecule has 3 unspecified atom stereocenters. The molecule has 0 aliphatic heterocycles. The van der Waals surface area contributed by atoms with Crippen molar-refractivity contribution in [2.24, 2.45) is 11.8 Å². The summed E-state index contributed by atoms with van der Waals surface area (Å²) in [5.41, 5.74) is 0. The van der Waals surface area contributed by atoms with Gasteiger partial charge in [-0.05, 0) is 38.5 Å². The number of ether oxygens (including phenoxy) is 1. The van der Waals surface area contributed by atoms with Crippen LogP contribution in [0.15, 0.2) is 0 Å². The summed E-state index contributed by atoms with van der Waals surface area (Å²) < 4.78 is 5.91. The van der Waals surface area contributed by atoms with Crippen LogP contribution in [0.3, 0.4) is 0 Å². The van der Waals surface area contributed by atoms with E-state index in [9.17, 15) is 14.7 Å². The first kappa shape index (κ1) is 26.0. The van der Waals surface area contributed by atoms with Gasteiger partial charge in [0.2, 0.25) is 0 Å². The number of hydrogen-bond acceptors (Lipinski definition) is 3. The van der Waals surface area contributed by atoms with E-state index in [4.69, 9.17) is 4.74 Å². The molecule has 0 saturated heterocycles. The molecule has 1 aliphatic carbocycles. The van der Waals surface area contributed by atoms with Crippen LogP contribution in [0.25, 0.3) is 0 Å². The van der Waals surface area contributed by atoms with Crippen molar-refractivity contribution < 1.29 is 19.4 Å². The number of hydrogen-bond donors (Lipinski definition) is 1. The van der Waals surface area contributed by atoms with Gasteiger partial charge >= 0.3 is 11.9 Å². The van der Waals surface area contributed by atoms with Crippen LogP contribution in [0, 0.1) is 11.8 Å². The molecule has 170 valence electrons. The Morgan fingerprint density at radius 2 is 1.21 bits per heavy atom. The number of esters is 1. The predicted octanol–water partition coefficient (Wildman–Crippen LogP) is 7.29. The normalized spacial score (nSPS) is 20.3. The summed E-state index contributed by atoms with van der Waals surface area (Å²) in [6.07, 6.45) is 19.8. The number of carbonyl (C=O) groups is 2. The zero-order valence-corrected chi connectivity index (χ0v) is 19.1. The van der Waals surface area contributed by atoms with Crippen molar-refractivity contribution in [2.45, 2.75) is 136 Å². The molecule has 0 spiro atoms. The van der Waals surface area contributed by atoms with Gasteiger partial charge in [-0.2, -0.15) is 0 Å². The Balaban J connectivity index is 2.42. The second-order valence-electron chi connectivity index (χ2n) is 9.01. The van der Waals surface area contributed by atoms with Gasteiger partial charge in [-0.25, -0.2) is 0 Å². The van der Waals surface area contributed by atoms with Crippen LogP contribution in [0.1, 0.15) is 129 Å². The molecule has 4 nitrogen and oxygen atoms in total. The zero-order valence-electron chi connectivity index (χ0n) is 19.1. The fourth-order valence-corrected chi connectivity index (χ4v) is 4.53. The molecule has 29 heavy (non-hydrogen) atoms. The van der Waals surface area contributed by atoms with Gasteiger partial charge in [0.05, 0.1) is 11.8 Å². The number of unbranched alkanes of at least 4 members (excludes halogenated alkanes) is 10. The van der Waals surface area contributed by atoms with E-state index in [0.717, 1.165) is 38.5 Å². The number of carboxylic acid groups (broad SMARTS) is 1. The van der Waals surface area contributed by atoms with Gasteiger partial charge in [-0.3, -0.25) is 9.59 Å². The number of carboxylic acids is 1. The van der Waals surface area contributed by atoms with E-state index in [2.05, 4.69) is 13.8 Å². The first-order chi connectivity index (χ1) is 14.1. The molecular formula is C25H46O4. The molecule has 0 heterocycles. The number of rotatable bonds is 17. The molecule has 0 amide bonds. The average Bonchev–Trinajstić information content (AvgIpc) is 2.72.